The second-order valence-corrected chi connectivity index (χ2v) is 8.41. The SMILES string of the molecule is CCOc1ccc(NS(=O)(=O)c2ccc(O[C@@H](C)C(=O)N3CCOCC3)cc2)cc1. The number of rotatable bonds is 8. The maximum Gasteiger partial charge on any atom is 0.263 e. The van der Waals surface area contributed by atoms with E-state index in [0.717, 1.165) is 0 Å². The van der Waals surface area contributed by atoms with Crippen LogP contribution in [0.3, 0.4) is 0 Å². The number of amides is 1. The second-order valence-electron chi connectivity index (χ2n) is 6.73. The highest BCUT2D eigenvalue weighted by atomic mass is 32.2. The molecule has 1 aliphatic heterocycles. The summed E-state index contributed by atoms with van der Waals surface area (Å²) in [6.07, 6.45) is -0.674. The van der Waals surface area contributed by atoms with Crippen LogP contribution in [0.1, 0.15) is 13.8 Å². The zero-order valence-electron chi connectivity index (χ0n) is 17.0. The summed E-state index contributed by atoms with van der Waals surface area (Å²) in [5.41, 5.74) is 0.434. The number of hydrogen-bond donors (Lipinski definition) is 1. The van der Waals surface area contributed by atoms with Crippen molar-refractivity contribution in [3.05, 3.63) is 48.5 Å². The molecular weight excluding hydrogens is 408 g/mol. The molecule has 1 amide bonds. The van der Waals surface area contributed by atoms with E-state index in [9.17, 15) is 13.2 Å². The molecule has 8 nitrogen and oxygen atoms in total. The van der Waals surface area contributed by atoms with Gasteiger partial charge in [-0.25, -0.2) is 8.42 Å². The van der Waals surface area contributed by atoms with Crippen LogP contribution in [-0.4, -0.2) is 58.2 Å². The van der Waals surface area contributed by atoms with Crippen LogP contribution in [0.25, 0.3) is 0 Å². The zero-order chi connectivity index (χ0) is 21.6. The Balaban J connectivity index is 1.61. The average Bonchev–Trinajstić information content (AvgIpc) is 2.75. The molecule has 1 fully saturated rings. The Labute approximate surface area is 176 Å². The predicted octanol–water partition coefficient (Wildman–Crippen LogP) is 2.51. The summed E-state index contributed by atoms with van der Waals surface area (Å²) in [7, 11) is -3.75. The third kappa shape index (κ3) is 5.64. The minimum absolute atomic E-state index is 0.0934. The highest BCUT2D eigenvalue weighted by Gasteiger charge is 2.24. The van der Waals surface area contributed by atoms with Crippen LogP contribution in [0.15, 0.2) is 53.4 Å². The van der Waals surface area contributed by atoms with Crippen LogP contribution in [0.5, 0.6) is 11.5 Å². The molecule has 2 aromatic rings. The highest BCUT2D eigenvalue weighted by molar-refractivity contribution is 7.92. The Hall–Kier alpha value is -2.78. The summed E-state index contributed by atoms with van der Waals surface area (Å²) >= 11 is 0. The number of anilines is 1. The number of morpholine rings is 1. The molecule has 0 radical (unpaired) electrons. The third-order valence-corrected chi connectivity index (χ3v) is 5.93. The van der Waals surface area contributed by atoms with Gasteiger partial charge >= 0.3 is 0 Å². The maximum atomic E-state index is 12.6. The van der Waals surface area contributed by atoms with E-state index in [1.165, 1.54) is 24.3 Å². The normalized spacial score (nSPS) is 15.3. The Morgan fingerprint density at radius 3 is 2.27 bits per heavy atom. The van der Waals surface area contributed by atoms with Crippen molar-refractivity contribution in [2.24, 2.45) is 0 Å². The first kappa shape index (κ1) is 21.9. The molecule has 2 aromatic carbocycles. The molecule has 9 heteroatoms. The van der Waals surface area contributed by atoms with Crippen molar-refractivity contribution < 1.29 is 27.4 Å². The third-order valence-electron chi connectivity index (χ3n) is 4.53. The number of carbonyl (C=O) groups excluding carboxylic acids is 1. The van der Waals surface area contributed by atoms with Crippen molar-refractivity contribution >= 4 is 21.6 Å². The number of nitrogens with zero attached hydrogens (tertiary/aromatic N) is 1. The van der Waals surface area contributed by atoms with Gasteiger partial charge in [0.1, 0.15) is 11.5 Å². The van der Waals surface area contributed by atoms with Gasteiger partial charge in [-0.05, 0) is 62.4 Å². The molecule has 1 heterocycles. The van der Waals surface area contributed by atoms with E-state index in [0.29, 0.717) is 50.1 Å². The van der Waals surface area contributed by atoms with E-state index in [4.69, 9.17) is 14.2 Å². The van der Waals surface area contributed by atoms with Gasteiger partial charge in [0.15, 0.2) is 6.10 Å². The number of benzene rings is 2. The van der Waals surface area contributed by atoms with Crippen molar-refractivity contribution in [1.29, 1.82) is 0 Å². The van der Waals surface area contributed by atoms with Crippen LogP contribution >= 0.6 is 0 Å². The maximum absolute atomic E-state index is 12.6. The lowest BCUT2D eigenvalue weighted by Gasteiger charge is -2.29. The predicted molar refractivity (Wildman–Crippen MR) is 112 cm³/mol. The van der Waals surface area contributed by atoms with E-state index in [1.54, 1.807) is 36.1 Å². The van der Waals surface area contributed by atoms with Crippen LogP contribution in [0.4, 0.5) is 5.69 Å². The number of nitrogens with one attached hydrogen (secondary N) is 1. The summed E-state index contributed by atoms with van der Waals surface area (Å²) < 4.78 is 44.0. The van der Waals surface area contributed by atoms with Crippen molar-refractivity contribution in [2.45, 2.75) is 24.8 Å². The molecule has 30 heavy (non-hydrogen) atoms. The van der Waals surface area contributed by atoms with E-state index in [2.05, 4.69) is 4.72 Å². The molecule has 0 saturated carbocycles. The number of ether oxygens (including phenoxy) is 3. The molecule has 0 aliphatic carbocycles. The minimum atomic E-state index is -3.75. The van der Waals surface area contributed by atoms with Crippen LogP contribution in [0.2, 0.25) is 0 Å². The number of sulfonamides is 1. The lowest BCUT2D eigenvalue weighted by atomic mass is 10.3. The topological polar surface area (TPSA) is 94.2 Å². The van der Waals surface area contributed by atoms with Gasteiger partial charge in [0, 0.05) is 18.8 Å². The monoisotopic (exact) mass is 434 g/mol. The second kappa shape index (κ2) is 9.82. The average molecular weight is 435 g/mol. The van der Waals surface area contributed by atoms with Gasteiger partial charge in [-0.1, -0.05) is 0 Å². The first-order valence-corrected chi connectivity index (χ1v) is 11.3. The van der Waals surface area contributed by atoms with E-state index in [-0.39, 0.29) is 10.8 Å². The Bertz CT molecular complexity index is 938. The van der Waals surface area contributed by atoms with Crippen LogP contribution in [0, 0.1) is 0 Å². The molecule has 162 valence electrons. The van der Waals surface area contributed by atoms with E-state index >= 15 is 0 Å². The van der Waals surface area contributed by atoms with Crippen molar-refractivity contribution in [2.75, 3.05) is 37.6 Å². The Morgan fingerprint density at radius 2 is 1.67 bits per heavy atom. The molecule has 0 unspecified atom stereocenters. The number of hydrogen-bond acceptors (Lipinski definition) is 6. The quantitative estimate of drug-likeness (QED) is 0.686. The smallest absolute Gasteiger partial charge is 0.263 e. The van der Waals surface area contributed by atoms with Crippen LogP contribution < -0.4 is 14.2 Å². The summed E-state index contributed by atoms with van der Waals surface area (Å²) in [6, 6.07) is 12.6. The van der Waals surface area contributed by atoms with Gasteiger partial charge in [-0.3, -0.25) is 9.52 Å². The Morgan fingerprint density at radius 1 is 1.07 bits per heavy atom. The molecule has 1 aliphatic rings. The Kier molecular flexibility index (Phi) is 7.17. The summed E-state index contributed by atoms with van der Waals surface area (Å²) in [5.74, 6) is 0.971. The molecule has 1 N–H and O–H groups in total. The van der Waals surface area contributed by atoms with E-state index < -0.39 is 16.1 Å². The highest BCUT2D eigenvalue weighted by Crippen LogP contribution is 2.22. The molecule has 1 saturated heterocycles. The molecule has 1 atom stereocenters. The number of carbonyl (C=O) groups is 1. The summed E-state index contributed by atoms with van der Waals surface area (Å²) in [5, 5.41) is 0. The molecule has 3 rings (SSSR count). The first-order chi connectivity index (χ1) is 14.4. The minimum Gasteiger partial charge on any atom is -0.494 e. The fourth-order valence-electron chi connectivity index (χ4n) is 2.99. The van der Waals surface area contributed by atoms with Gasteiger partial charge < -0.3 is 19.1 Å². The zero-order valence-corrected chi connectivity index (χ0v) is 17.9. The molecule has 0 aromatic heterocycles. The van der Waals surface area contributed by atoms with Gasteiger partial charge in [0.05, 0.1) is 24.7 Å². The lowest BCUT2D eigenvalue weighted by Crippen LogP contribution is -2.46. The van der Waals surface area contributed by atoms with Gasteiger partial charge in [0.2, 0.25) is 0 Å². The lowest BCUT2D eigenvalue weighted by molar-refractivity contribution is -0.142. The van der Waals surface area contributed by atoms with Gasteiger partial charge in [-0.2, -0.15) is 0 Å². The molecule has 0 bridgehead atoms. The van der Waals surface area contributed by atoms with Gasteiger partial charge in [0.25, 0.3) is 15.9 Å². The largest absolute Gasteiger partial charge is 0.494 e. The molecular formula is C21H26N2O6S. The van der Waals surface area contributed by atoms with Crippen molar-refractivity contribution in [1.82, 2.24) is 4.90 Å². The summed E-state index contributed by atoms with van der Waals surface area (Å²) in [4.78, 5) is 14.2. The van der Waals surface area contributed by atoms with Crippen molar-refractivity contribution in [3.8, 4) is 11.5 Å². The standard InChI is InChI=1S/C21H26N2O6S/c1-3-28-18-6-4-17(5-7-18)22-30(25,26)20-10-8-19(9-11-20)29-16(2)21(24)23-12-14-27-15-13-23/h4-11,16,22H,3,12-15H2,1-2H3/t16-/m0/s1. The van der Waals surface area contributed by atoms with Crippen LogP contribution in [-0.2, 0) is 19.6 Å². The summed E-state index contributed by atoms with van der Waals surface area (Å²) in [6.45, 7) is 6.22. The molecule has 0 spiro atoms. The van der Waals surface area contributed by atoms with Crippen molar-refractivity contribution in [3.63, 3.8) is 0 Å². The fraction of sp³-hybridized carbons (Fsp3) is 0.381. The first-order valence-electron chi connectivity index (χ1n) is 9.78. The van der Waals surface area contributed by atoms with Gasteiger partial charge in [-0.15, -0.1) is 0 Å². The fourth-order valence-corrected chi connectivity index (χ4v) is 4.05. The van der Waals surface area contributed by atoms with E-state index in [1.807, 2.05) is 6.92 Å².